The molecule has 0 radical (unpaired) electrons. The van der Waals surface area contributed by atoms with Gasteiger partial charge < -0.3 is 10.2 Å². The van der Waals surface area contributed by atoms with Crippen LogP contribution < -0.4 is 5.73 Å². The Hall–Kier alpha value is -1.49. The second-order valence-corrected chi connectivity index (χ2v) is 5.87. The van der Waals surface area contributed by atoms with E-state index < -0.39 is 12.1 Å². The lowest BCUT2D eigenvalue weighted by Crippen LogP contribution is -2.31. The van der Waals surface area contributed by atoms with E-state index in [2.05, 4.69) is 0 Å². The van der Waals surface area contributed by atoms with Gasteiger partial charge in [0.15, 0.2) is 0 Å². The van der Waals surface area contributed by atoms with Gasteiger partial charge in [0.2, 0.25) is 0 Å². The first-order valence-corrected chi connectivity index (χ1v) is 7.26. The summed E-state index contributed by atoms with van der Waals surface area (Å²) in [5, 5.41) is 0.979. The zero-order chi connectivity index (χ0) is 15.0. The van der Waals surface area contributed by atoms with E-state index in [1.807, 2.05) is 30.3 Å². The molecule has 1 aliphatic carbocycles. The van der Waals surface area contributed by atoms with E-state index in [1.165, 1.54) is 0 Å². The van der Waals surface area contributed by atoms with E-state index in [0.717, 1.165) is 11.0 Å². The second-order valence-electron chi connectivity index (χ2n) is 5.87. The van der Waals surface area contributed by atoms with Gasteiger partial charge >= 0.3 is 6.18 Å². The lowest BCUT2D eigenvalue weighted by molar-refractivity contribution is -0.184. The molecule has 0 aliphatic heterocycles. The van der Waals surface area contributed by atoms with Gasteiger partial charge in [-0.05, 0) is 43.7 Å². The molecule has 21 heavy (non-hydrogen) atoms. The first-order valence-electron chi connectivity index (χ1n) is 7.26. The van der Waals surface area contributed by atoms with Gasteiger partial charge in [-0.15, -0.1) is 0 Å². The van der Waals surface area contributed by atoms with Crippen molar-refractivity contribution < 1.29 is 17.6 Å². The minimum atomic E-state index is -4.07. The Balaban J connectivity index is 1.70. The molecule has 5 heteroatoms. The van der Waals surface area contributed by atoms with Gasteiger partial charge in [-0.3, -0.25) is 0 Å². The number of alkyl halides is 3. The van der Waals surface area contributed by atoms with Crippen LogP contribution in [0.4, 0.5) is 13.2 Å². The highest BCUT2D eigenvalue weighted by Crippen LogP contribution is 2.43. The molecule has 1 aromatic heterocycles. The second kappa shape index (κ2) is 5.37. The molecule has 0 spiro atoms. The Kier molecular flexibility index (Phi) is 3.69. The zero-order valence-electron chi connectivity index (χ0n) is 11.6. The molecular weight excluding hydrogens is 279 g/mol. The number of hydrogen-bond donors (Lipinski definition) is 1. The summed E-state index contributed by atoms with van der Waals surface area (Å²) >= 11 is 0. The Morgan fingerprint density at radius 3 is 2.38 bits per heavy atom. The normalized spacial score (nSPS) is 25.1. The standard InChI is InChI=1S/C16H18F3NO/c17-16(18,19)12-7-5-10(6-8-12)15(20)14-9-11-3-1-2-4-13(11)21-14/h1-4,9-10,12,15H,5-8,20H2. The monoisotopic (exact) mass is 297 g/mol. The molecule has 1 saturated carbocycles. The van der Waals surface area contributed by atoms with Crippen LogP contribution in [0, 0.1) is 11.8 Å². The SMILES string of the molecule is NC(c1cc2ccccc2o1)C1CCC(C(F)(F)F)CC1. The Bertz CT molecular complexity index is 578. The number of nitrogens with two attached hydrogens (primary N) is 1. The predicted molar refractivity (Wildman–Crippen MR) is 74.6 cm³/mol. The molecule has 2 N–H and O–H groups in total. The molecule has 0 bridgehead atoms. The van der Waals surface area contributed by atoms with Crippen LogP contribution >= 0.6 is 0 Å². The van der Waals surface area contributed by atoms with Crippen molar-refractivity contribution in [3.63, 3.8) is 0 Å². The number of rotatable bonds is 2. The summed E-state index contributed by atoms with van der Waals surface area (Å²) in [6.45, 7) is 0. The lowest BCUT2D eigenvalue weighted by Gasteiger charge is -2.32. The largest absolute Gasteiger partial charge is 0.459 e. The van der Waals surface area contributed by atoms with Gasteiger partial charge in [-0.1, -0.05) is 18.2 Å². The fraction of sp³-hybridized carbons (Fsp3) is 0.500. The van der Waals surface area contributed by atoms with Crippen LogP contribution in [0.15, 0.2) is 34.7 Å². The molecule has 0 saturated heterocycles. The summed E-state index contributed by atoms with van der Waals surface area (Å²) in [4.78, 5) is 0. The van der Waals surface area contributed by atoms with Crippen molar-refractivity contribution in [1.82, 2.24) is 0 Å². The van der Waals surface area contributed by atoms with Crippen LogP contribution in [0.3, 0.4) is 0 Å². The highest BCUT2D eigenvalue weighted by molar-refractivity contribution is 5.77. The van der Waals surface area contributed by atoms with Crippen LogP contribution in [-0.4, -0.2) is 6.18 Å². The molecule has 1 fully saturated rings. The molecule has 1 unspecified atom stereocenters. The van der Waals surface area contributed by atoms with E-state index in [0.29, 0.717) is 18.6 Å². The number of fused-ring (bicyclic) bond motifs is 1. The predicted octanol–water partition coefficient (Wildman–Crippen LogP) is 4.80. The maximum atomic E-state index is 12.7. The first kappa shape index (κ1) is 14.4. The van der Waals surface area contributed by atoms with Crippen LogP contribution in [0.5, 0.6) is 0 Å². The fourth-order valence-corrected chi connectivity index (χ4v) is 3.20. The van der Waals surface area contributed by atoms with Crippen LogP contribution in [0.1, 0.15) is 37.5 Å². The van der Waals surface area contributed by atoms with Gasteiger partial charge in [-0.25, -0.2) is 0 Å². The highest BCUT2D eigenvalue weighted by Gasteiger charge is 2.42. The molecule has 1 aliphatic rings. The van der Waals surface area contributed by atoms with Crippen LogP contribution in [0.2, 0.25) is 0 Å². The molecule has 3 rings (SSSR count). The molecule has 1 atom stereocenters. The van der Waals surface area contributed by atoms with Gasteiger partial charge in [0.1, 0.15) is 11.3 Å². The van der Waals surface area contributed by atoms with Gasteiger partial charge in [0.25, 0.3) is 0 Å². The smallest absolute Gasteiger partial charge is 0.391 e. The number of hydrogen-bond acceptors (Lipinski definition) is 2. The molecule has 2 aromatic rings. The van der Waals surface area contributed by atoms with E-state index in [4.69, 9.17) is 10.2 Å². The summed E-state index contributed by atoms with van der Waals surface area (Å²) in [7, 11) is 0. The van der Waals surface area contributed by atoms with E-state index in [-0.39, 0.29) is 24.8 Å². The third-order valence-corrected chi connectivity index (χ3v) is 4.52. The van der Waals surface area contributed by atoms with Crippen molar-refractivity contribution in [2.24, 2.45) is 17.6 Å². The molecule has 114 valence electrons. The van der Waals surface area contributed by atoms with Crippen molar-refractivity contribution in [3.05, 3.63) is 36.1 Å². The van der Waals surface area contributed by atoms with Gasteiger partial charge in [0, 0.05) is 5.39 Å². The first-order chi connectivity index (χ1) is 9.95. The van der Waals surface area contributed by atoms with Crippen molar-refractivity contribution >= 4 is 11.0 Å². The zero-order valence-corrected chi connectivity index (χ0v) is 11.6. The summed E-state index contributed by atoms with van der Waals surface area (Å²) in [6.07, 6.45) is -2.73. The Morgan fingerprint density at radius 2 is 1.76 bits per heavy atom. The third-order valence-electron chi connectivity index (χ3n) is 4.52. The fourth-order valence-electron chi connectivity index (χ4n) is 3.20. The molecular formula is C16H18F3NO. The average molecular weight is 297 g/mol. The van der Waals surface area contributed by atoms with Gasteiger partial charge in [0.05, 0.1) is 12.0 Å². The Morgan fingerprint density at radius 1 is 1.10 bits per heavy atom. The number of benzene rings is 1. The molecule has 1 heterocycles. The van der Waals surface area contributed by atoms with E-state index >= 15 is 0 Å². The number of furan rings is 1. The topological polar surface area (TPSA) is 39.2 Å². The maximum absolute atomic E-state index is 12.7. The maximum Gasteiger partial charge on any atom is 0.391 e. The summed E-state index contributed by atoms with van der Waals surface area (Å²) in [6, 6.07) is 9.18. The minimum Gasteiger partial charge on any atom is -0.459 e. The van der Waals surface area contributed by atoms with Crippen LogP contribution in [0.25, 0.3) is 11.0 Å². The molecule has 1 aromatic carbocycles. The quantitative estimate of drug-likeness (QED) is 0.864. The molecule has 2 nitrogen and oxygen atoms in total. The minimum absolute atomic E-state index is 0.0594. The van der Waals surface area contributed by atoms with E-state index in [1.54, 1.807) is 0 Å². The van der Waals surface area contributed by atoms with E-state index in [9.17, 15) is 13.2 Å². The van der Waals surface area contributed by atoms with Crippen molar-refractivity contribution in [2.45, 2.75) is 37.9 Å². The summed E-state index contributed by atoms with van der Waals surface area (Å²) in [5.74, 6) is -0.438. The third kappa shape index (κ3) is 2.93. The van der Waals surface area contributed by atoms with Crippen LogP contribution in [-0.2, 0) is 0 Å². The van der Waals surface area contributed by atoms with Crippen molar-refractivity contribution in [2.75, 3.05) is 0 Å². The summed E-state index contributed by atoms with van der Waals surface area (Å²) in [5.41, 5.74) is 6.98. The number of para-hydroxylation sites is 1. The number of halogens is 3. The van der Waals surface area contributed by atoms with Crippen molar-refractivity contribution in [1.29, 1.82) is 0 Å². The molecule has 0 amide bonds. The lowest BCUT2D eigenvalue weighted by atomic mass is 9.78. The Labute approximate surface area is 121 Å². The van der Waals surface area contributed by atoms with Gasteiger partial charge in [-0.2, -0.15) is 13.2 Å². The average Bonchev–Trinajstić information content (AvgIpc) is 2.89. The highest BCUT2D eigenvalue weighted by atomic mass is 19.4. The van der Waals surface area contributed by atoms with Crippen molar-refractivity contribution in [3.8, 4) is 0 Å². The summed E-state index contributed by atoms with van der Waals surface area (Å²) < 4.78 is 43.8.